The lowest BCUT2D eigenvalue weighted by molar-refractivity contribution is -0.278. The maximum atomic E-state index is 11.9. The molecule has 0 bridgehead atoms. The standard InChI is InChI=1S/C13H14O10/c14-4-1-2-5(6(15)3-4)12(21)23-13-9(18)7(16)8(17)10(22-13)11(19)20/h1-3,7-10,13-18H,(H,19,20). The maximum Gasteiger partial charge on any atom is 0.344 e. The number of hydrogen-bond acceptors (Lipinski definition) is 9. The lowest BCUT2D eigenvalue weighted by Crippen LogP contribution is -2.60. The van der Waals surface area contributed by atoms with Gasteiger partial charge in [-0.15, -0.1) is 0 Å². The van der Waals surface area contributed by atoms with Crippen LogP contribution < -0.4 is 0 Å². The SMILES string of the molecule is O=C(OC1OC(C(=O)O)C(O)C(O)C1O)c1ccc(O)cc1O. The first-order chi connectivity index (χ1) is 10.7. The lowest BCUT2D eigenvalue weighted by atomic mass is 9.99. The Morgan fingerprint density at radius 1 is 1.04 bits per heavy atom. The van der Waals surface area contributed by atoms with Crippen LogP contribution in [-0.4, -0.2) is 73.3 Å². The smallest absolute Gasteiger partial charge is 0.344 e. The number of ether oxygens (including phenoxy) is 2. The second-order valence-electron chi connectivity index (χ2n) is 4.84. The molecule has 0 saturated carbocycles. The Labute approximate surface area is 128 Å². The third-order valence-corrected chi connectivity index (χ3v) is 3.24. The van der Waals surface area contributed by atoms with E-state index >= 15 is 0 Å². The quantitative estimate of drug-likeness (QED) is 0.345. The van der Waals surface area contributed by atoms with E-state index in [1.807, 2.05) is 0 Å². The number of rotatable bonds is 3. The summed E-state index contributed by atoms with van der Waals surface area (Å²) in [6.45, 7) is 0. The molecule has 0 amide bonds. The summed E-state index contributed by atoms with van der Waals surface area (Å²) in [5.41, 5.74) is -0.383. The van der Waals surface area contributed by atoms with Crippen molar-refractivity contribution in [3.05, 3.63) is 23.8 Å². The van der Waals surface area contributed by atoms with Crippen molar-refractivity contribution in [2.45, 2.75) is 30.7 Å². The van der Waals surface area contributed by atoms with Crippen molar-refractivity contribution in [1.82, 2.24) is 0 Å². The zero-order valence-electron chi connectivity index (χ0n) is 11.4. The number of esters is 1. The molecule has 5 unspecified atom stereocenters. The number of carboxylic acid groups (broad SMARTS) is 1. The van der Waals surface area contributed by atoms with Crippen LogP contribution >= 0.6 is 0 Å². The summed E-state index contributed by atoms with van der Waals surface area (Å²) in [6, 6.07) is 2.99. The molecule has 0 aliphatic carbocycles. The van der Waals surface area contributed by atoms with E-state index in [0.717, 1.165) is 18.2 Å². The fourth-order valence-corrected chi connectivity index (χ4v) is 2.01. The van der Waals surface area contributed by atoms with E-state index in [-0.39, 0.29) is 11.3 Å². The summed E-state index contributed by atoms with van der Waals surface area (Å²) in [5.74, 6) is -3.75. The first kappa shape index (κ1) is 17.0. The van der Waals surface area contributed by atoms with Gasteiger partial charge in [0.05, 0.1) is 0 Å². The van der Waals surface area contributed by atoms with E-state index in [2.05, 4.69) is 0 Å². The number of benzene rings is 1. The number of aliphatic hydroxyl groups excluding tert-OH is 3. The van der Waals surface area contributed by atoms with Gasteiger partial charge in [0.15, 0.2) is 6.10 Å². The van der Waals surface area contributed by atoms with E-state index in [1.54, 1.807) is 0 Å². The van der Waals surface area contributed by atoms with Crippen LogP contribution in [0.2, 0.25) is 0 Å². The fourth-order valence-electron chi connectivity index (χ4n) is 2.01. The highest BCUT2D eigenvalue weighted by molar-refractivity contribution is 5.92. The van der Waals surface area contributed by atoms with Gasteiger partial charge in [0.25, 0.3) is 0 Å². The summed E-state index contributed by atoms with van der Waals surface area (Å²) in [7, 11) is 0. The number of aromatic hydroxyl groups is 2. The number of aliphatic carboxylic acids is 1. The molecule has 0 aromatic heterocycles. The predicted molar refractivity (Wildman–Crippen MR) is 69.5 cm³/mol. The maximum absolute atomic E-state index is 11.9. The molecule has 0 spiro atoms. The molecule has 10 heteroatoms. The van der Waals surface area contributed by atoms with Crippen LogP contribution in [0.15, 0.2) is 18.2 Å². The fraction of sp³-hybridized carbons (Fsp3) is 0.385. The molecule has 1 saturated heterocycles. The van der Waals surface area contributed by atoms with Gasteiger partial charge < -0.3 is 40.1 Å². The number of carbonyl (C=O) groups excluding carboxylic acids is 1. The Bertz CT molecular complexity index is 615. The summed E-state index contributed by atoms with van der Waals surface area (Å²) >= 11 is 0. The third kappa shape index (κ3) is 3.35. The first-order valence-electron chi connectivity index (χ1n) is 6.37. The van der Waals surface area contributed by atoms with Crippen molar-refractivity contribution < 1.29 is 49.7 Å². The van der Waals surface area contributed by atoms with Crippen molar-refractivity contribution in [1.29, 1.82) is 0 Å². The van der Waals surface area contributed by atoms with E-state index in [0.29, 0.717) is 0 Å². The minimum atomic E-state index is -1.92. The predicted octanol–water partition coefficient (Wildman–Crippen LogP) is -1.85. The average molecular weight is 330 g/mol. The summed E-state index contributed by atoms with van der Waals surface area (Å²) in [6.07, 6.45) is -9.53. The van der Waals surface area contributed by atoms with Gasteiger partial charge in [0.1, 0.15) is 35.4 Å². The highest BCUT2D eigenvalue weighted by Crippen LogP contribution is 2.26. The van der Waals surface area contributed by atoms with Crippen molar-refractivity contribution >= 4 is 11.9 Å². The Morgan fingerprint density at radius 3 is 2.26 bits per heavy atom. The molecule has 1 aromatic rings. The van der Waals surface area contributed by atoms with Crippen molar-refractivity contribution in [3.63, 3.8) is 0 Å². The molecule has 1 aliphatic rings. The van der Waals surface area contributed by atoms with Gasteiger partial charge >= 0.3 is 11.9 Å². The zero-order valence-corrected chi connectivity index (χ0v) is 11.4. The van der Waals surface area contributed by atoms with Gasteiger partial charge in [-0.2, -0.15) is 0 Å². The van der Waals surface area contributed by atoms with Gasteiger partial charge in [0, 0.05) is 6.07 Å². The topological polar surface area (TPSA) is 174 Å². The Balaban J connectivity index is 2.17. The molecule has 23 heavy (non-hydrogen) atoms. The van der Waals surface area contributed by atoms with Gasteiger partial charge in [-0.3, -0.25) is 0 Å². The van der Waals surface area contributed by atoms with Crippen LogP contribution in [0.1, 0.15) is 10.4 Å². The minimum absolute atomic E-state index is 0.308. The molecule has 1 aliphatic heterocycles. The second-order valence-corrected chi connectivity index (χ2v) is 4.84. The van der Waals surface area contributed by atoms with Crippen molar-refractivity contribution in [3.8, 4) is 11.5 Å². The number of carbonyl (C=O) groups is 2. The van der Waals surface area contributed by atoms with Crippen molar-refractivity contribution in [2.24, 2.45) is 0 Å². The summed E-state index contributed by atoms with van der Waals surface area (Å²) in [4.78, 5) is 22.8. The summed E-state index contributed by atoms with van der Waals surface area (Å²) < 4.78 is 9.49. The molecular weight excluding hydrogens is 316 g/mol. The van der Waals surface area contributed by atoms with Crippen LogP contribution in [0.25, 0.3) is 0 Å². The second kappa shape index (κ2) is 6.38. The largest absolute Gasteiger partial charge is 0.508 e. The van der Waals surface area contributed by atoms with Crippen LogP contribution in [0.3, 0.4) is 0 Å². The highest BCUT2D eigenvalue weighted by Gasteiger charge is 2.48. The number of carboxylic acids is 1. The Kier molecular flexibility index (Phi) is 4.71. The minimum Gasteiger partial charge on any atom is -0.508 e. The van der Waals surface area contributed by atoms with Gasteiger partial charge in [0.2, 0.25) is 6.29 Å². The monoisotopic (exact) mass is 330 g/mol. The van der Waals surface area contributed by atoms with Gasteiger partial charge in [-0.25, -0.2) is 9.59 Å². The zero-order chi connectivity index (χ0) is 17.3. The highest BCUT2D eigenvalue weighted by atomic mass is 16.7. The van der Waals surface area contributed by atoms with E-state index < -0.39 is 48.4 Å². The molecule has 0 radical (unpaired) electrons. The number of hydrogen-bond donors (Lipinski definition) is 6. The molecule has 2 rings (SSSR count). The number of phenolic OH excluding ortho intramolecular Hbond substituents is 2. The lowest BCUT2D eigenvalue weighted by Gasteiger charge is -2.37. The van der Waals surface area contributed by atoms with Crippen LogP contribution in [0.4, 0.5) is 0 Å². The Hall–Kier alpha value is -2.40. The van der Waals surface area contributed by atoms with Gasteiger partial charge in [-0.1, -0.05) is 0 Å². The van der Waals surface area contributed by atoms with Crippen LogP contribution in [0, 0.1) is 0 Å². The molecule has 126 valence electrons. The molecule has 6 N–H and O–H groups in total. The molecule has 1 fully saturated rings. The van der Waals surface area contributed by atoms with Crippen LogP contribution in [-0.2, 0) is 14.3 Å². The third-order valence-electron chi connectivity index (χ3n) is 3.24. The Morgan fingerprint density at radius 2 is 1.70 bits per heavy atom. The van der Waals surface area contributed by atoms with E-state index in [4.69, 9.17) is 19.7 Å². The normalized spacial score (nSPS) is 30.7. The molecular formula is C13H14O10. The first-order valence-corrected chi connectivity index (χ1v) is 6.37. The molecule has 5 atom stereocenters. The number of aliphatic hydroxyl groups is 3. The molecule has 10 nitrogen and oxygen atoms in total. The van der Waals surface area contributed by atoms with Gasteiger partial charge in [-0.05, 0) is 12.1 Å². The number of phenols is 2. The van der Waals surface area contributed by atoms with Crippen molar-refractivity contribution in [2.75, 3.05) is 0 Å². The van der Waals surface area contributed by atoms with Crippen LogP contribution in [0.5, 0.6) is 11.5 Å². The molecule has 1 aromatic carbocycles. The average Bonchev–Trinajstić information content (AvgIpc) is 2.47. The molecule has 1 heterocycles. The van der Waals surface area contributed by atoms with E-state index in [1.165, 1.54) is 0 Å². The van der Waals surface area contributed by atoms with E-state index in [9.17, 15) is 30.0 Å². The summed E-state index contributed by atoms with van der Waals surface area (Å²) in [5, 5.41) is 56.4.